The summed E-state index contributed by atoms with van der Waals surface area (Å²) in [5.41, 5.74) is 1.69. The van der Waals surface area contributed by atoms with Crippen LogP contribution in [0.2, 0.25) is 5.02 Å². The third-order valence-electron chi connectivity index (χ3n) is 2.89. The Morgan fingerprint density at radius 1 is 1.29 bits per heavy atom. The van der Waals surface area contributed by atoms with Gasteiger partial charge in [-0.3, -0.25) is 4.79 Å². The van der Waals surface area contributed by atoms with Crippen molar-refractivity contribution >= 4 is 39.1 Å². The van der Waals surface area contributed by atoms with Crippen LogP contribution in [0.5, 0.6) is 5.75 Å². The van der Waals surface area contributed by atoms with E-state index in [0.29, 0.717) is 16.5 Å². The van der Waals surface area contributed by atoms with E-state index in [0.717, 1.165) is 10.0 Å². The highest BCUT2D eigenvalue weighted by molar-refractivity contribution is 9.10. The van der Waals surface area contributed by atoms with E-state index in [2.05, 4.69) is 21.2 Å². The van der Waals surface area contributed by atoms with E-state index in [4.69, 9.17) is 16.3 Å². The van der Waals surface area contributed by atoms with Crippen LogP contribution in [0.1, 0.15) is 12.5 Å². The first-order chi connectivity index (χ1) is 9.97. The molecule has 2 aromatic carbocycles. The minimum atomic E-state index is -0.639. The maximum absolute atomic E-state index is 12.1. The molecule has 1 atom stereocenters. The van der Waals surface area contributed by atoms with Crippen molar-refractivity contribution in [3.63, 3.8) is 0 Å². The summed E-state index contributed by atoms with van der Waals surface area (Å²) in [4.78, 5) is 12.1. The maximum atomic E-state index is 12.1. The van der Waals surface area contributed by atoms with Crippen molar-refractivity contribution in [2.45, 2.75) is 20.0 Å². The molecule has 5 heteroatoms. The Balaban J connectivity index is 2.04. The number of benzene rings is 2. The third kappa shape index (κ3) is 4.22. The number of carbonyl (C=O) groups excluding carboxylic acids is 1. The Kier molecular flexibility index (Phi) is 5.26. The topological polar surface area (TPSA) is 38.3 Å². The molecule has 0 bridgehead atoms. The Bertz CT molecular complexity index is 660. The molecule has 0 heterocycles. The molecule has 2 aromatic rings. The van der Waals surface area contributed by atoms with Gasteiger partial charge in [-0.2, -0.15) is 0 Å². The fourth-order valence-corrected chi connectivity index (χ4v) is 2.51. The summed E-state index contributed by atoms with van der Waals surface area (Å²) < 4.78 is 6.49. The molecule has 0 aromatic heterocycles. The molecule has 0 aliphatic carbocycles. The summed E-state index contributed by atoms with van der Waals surface area (Å²) in [5, 5.41) is 3.24. The van der Waals surface area contributed by atoms with Gasteiger partial charge >= 0.3 is 0 Å². The summed E-state index contributed by atoms with van der Waals surface area (Å²) in [5.74, 6) is 0.373. The second-order valence-electron chi connectivity index (χ2n) is 4.66. The second kappa shape index (κ2) is 6.96. The zero-order valence-corrected chi connectivity index (χ0v) is 14.0. The van der Waals surface area contributed by atoms with Crippen LogP contribution < -0.4 is 10.1 Å². The van der Waals surface area contributed by atoms with Gasteiger partial charge in [-0.25, -0.2) is 0 Å². The molecule has 0 saturated heterocycles. The van der Waals surface area contributed by atoms with Gasteiger partial charge < -0.3 is 10.1 Å². The molecule has 0 saturated carbocycles. The number of aryl methyl sites for hydroxylation is 1. The molecule has 0 fully saturated rings. The average Bonchev–Trinajstić information content (AvgIpc) is 2.44. The average molecular weight is 369 g/mol. The Labute approximate surface area is 137 Å². The SMILES string of the molecule is Cc1ccc(OC(C)C(=O)Nc2ccccc2Cl)c(Br)c1. The lowest BCUT2D eigenvalue weighted by molar-refractivity contribution is -0.122. The fraction of sp³-hybridized carbons (Fsp3) is 0.188. The van der Waals surface area contributed by atoms with Crippen LogP contribution >= 0.6 is 27.5 Å². The van der Waals surface area contributed by atoms with E-state index in [1.165, 1.54) is 0 Å². The van der Waals surface area contributed by atoms with Crippen molar-refractivity contribution in [2.75, 3.05) is 5.32 Å². The first-order valence-corrected chi connectivity index (χ1v) is 7.62. The number of anilines is 1. The van der Waals surface area contributed by atoms with Crippen LogP contribution in [0.4, 0.5) is 5.69 Å². The van der Waals surface area contributed by atoms with Crippen LogP contribution in [-0.4, -0.2) is 12.0 Å². The highest BCUT2D eigenvalue weighted by atomic mass is 79.9. The first kappa shape index (κ1) is 15.9. The highest BCUT2D eigenvalue weighted by Crippen LogP contribution is 2.27. The van der Waals surface area contributed by atoms with Crippen molar-refractivity contribution in [1.29, 1.82) is 0 Å². The molecule has 0 radical (unpaired) electrons. The first-order valence-electron chi connectivity index (χ1n) is 6.45. The predicted molar refractivity (Wildman–Crippen MR) is 89.1 cm³/mol. The van der Waals surface area contributed by atoms with Crippen LogP contribution in [0.3, 0.4) is 0 Å². The summed E-state index contributed by atoms with van der Waals surface area (Å²) in [6.07, 6.45) is -0.639. The minimum Gasteiger partial charge on any atom is -0.480 e. The van der Waals surface area contributed by atoms with Crippen molar-refractivity contribution in [2.24, 2.45) is 0 Å². The van der Waals surface area contributed by atoms with Crippen molar-refractivity contribution in [3.8, 4) is 5.75 Å². The summed E-state index contributed by atoms with van der Waals surface area (Å²) >= 11 is 9.44. The van der Waals surface area contributed by atoms with Crippen LogP contribution in [0.15, 0.2) is 46.9 Å². The van der Waals surface area contributed by atoms with E-state index in [-0.39, 0.29) is 5.91 Å². The number of para-hydroxylation sites is 1. The molecular weight excluding hydrogens is 354 g/mol. The largest absolute Gasteiger partial charge is 0.480 e. The van der Waals surface area contributed by atoms with Gasteiger partial charge in [0.05, 0.1) is 15.2 Å². The van der Waals surface area contributed by atoms with Gasteiger partial charge in [0, 0.05) is 0 Å². The standard InChI is InChI=1S/C16H15BrClNO2/c1-10-7-8-15(12(17)9-10)21-11(2)16(20)19-14-6-4-3-5-13(14)18/h3-9,11H,1-2H3,(H,19,20). The lowest BCUT2D eigenvalue weighted by Crippen LogP contribution is -2.30. The van der Waals surface area contributed by atoms with E-state index < -0.39 is 6.10 Å². The molecule has 110 valence electrons. The number of hydrogen-bond donors (Lipinski definition) is 1. The van der Waals surface area contributed by atoms with Gasteiger partial charge in [0.15, 0.2) is 6.10 Å². The number of hydrogen-bond acceptors (Lipinski definition) is 2. The molecular formula is C16H15BrClNO2. The molecule has 21 heavy (non-hydrogen) atoms. The van der Waals surface area contributed by atoms with Gasteiger partial charge in [0.25, 0.3) is 5.91 Å². The second-order valence-corrected chi connectivity index (χ2v) is 5.92. The van der Waals surface area contributed by atoms with Crippen molar-refractivity contribution < 1.29 is 9.53 Å². The predicted octanol–water partition coefficient (Wildman–Crippen LogP) is 4.82. The monoisotopic (exact) mass is 367 g/mol. The zero-order chi connectivity index (χ0) is 15.4. The molecule has 0 aliphatic rings. The van der Waals surface area contributed by atoms with Crippen LogP contribution in [-0.2, 0) is 4.79 Å². The normalized spacial score (nSPS) is 11.8. The van der Waals surface area contributed by atoms with Gasteiger partial charge in [0.2, 0.25) is 0 Å². The van der Waals surface area contributed by atoms with Gasteiger partial charge in [-0.15, -0.1) is 0 Å². The Hall–Kier alpha value is -1.52. The molecule has 1 N–H and O–H groups in total. The fourth-order valence-electron chi connectivity index (χ4n) is 1.74. The Morgan fingerprint density at radius 2 is 2.00 bits per heavy atom. The summed E-state index contributed by atoms with van der Waals surface area (Å²) in [7, 11) is 0. The van der Waals surface area contributed by atoms with Gasteiger partial charge in [0.1, 0.15) is 5.75 Å². The number of halogens is 2. The molecule has 1 unspecified atom stereocenters. The smallest absolute Gasteiger partial charge is 0.265 e. The van der Waals surface area contributed by atoms with Gasteiger partial charge in [-0.05, 0) is 59.6 Å². The molecule has 1 amide bonds. The number of ether oxygens (including phenoxy) is 1. The molecule has 0 aliphatic heterocycles. The van der Waals surface area contributed by atoms with E-state index in [1.54, 1.807) is 25.1 Å². The van der Waals surface area contributed by atoms with Crippen molar-refractivity contribution in [1.82, 2.24) is 0 Å². The number of carbonyl (C=O) groups is 1. The van der Waals surface area contributed by atoms with E-state index in [9.17, 15) is 4.79 Å². The summed E-state index contributed by atoms with van der Waals surface area (Å²) in [6, 6.07) is 12.8. The number of amides is 1. The van der Waals surface area contributed by atoms with E-state index in [1.807, 2.05) is 31.2 Å². The lowest BCUT2D eigenvalue weighted by atomic mass is 10.2. The maximum Gasteiger partial charge on any atom is 0.265 e. The van der Waals surface area contributed by atoms with Crippen LogP contribution in [0.25, 0.3) is 0 Å². The van der Waals surface area contributed by atoms with Gasteiger partial charge in [-0.1, -0.05) is 29.8 Å². The minimum absolute atomic E-state index is 0.254. The zero-order valence-electron chi connectivity index (χ0n) is 11.7. The van der Waals surface area contributed by atoms with Crippen LogP contribution in [0, 0.1) is 6.92 Å². The van der Waals surface area contributed by atoms with E-state index >= 15 is 0 Å². The lowest BCUT2D eigenvalue weighted by Gasteiger charge is -2.16. The third-order valence-corrected chi connectivity index (χ3v) is 3.84. The highest BCUT2D eigenvalue weighted by Gasteiger charge is 2.17. The quantitative estimate of drug-likeness (QED) is 0.840. The number of rotatable bonds is 4. The summed E-state index contributed by atoms with van der Waals surface area (Å²) in [6.45, 7) is 3.68. The van der Waals surface area contributed by atoms with Crippen molar-refractivity contribution in [3.05, 3.63) is 57.5 Å². The Morgan fingerprint density at radius 3 is 2.67 bits per heavy atom. The molecule has 2 rings (SSSR count). The molecule has 3 nitrogen and oxygen atoms in total. The number of nitrogens with one attached hydrogen (secondary N) is 1. The molecule has 0 spiro atoms.